The summed E-state index contributed by atoms with van der Waals surface area (Å²) < 4.78 is 2.66. The topological polar surface area (TPSA) is 47.2 Å². The fourth-order valence-corrected chi connectivity index (χ4v) is 3.13. The van der Waals surface area contributed by atoms with Crippen molar-refractivity contribution in [2.24, 2.45) is 12.0 Å². The molecule has 0 aliphatic heterocycles. The van der Waals surface area contributed by atoms with Gasteiger partial charge in [0.15, 0.2) is 0 Å². The minimum atomic E-state index is -0.342. The Morgan fingerprint density at radius 2 is 2.28 bits per heavy atom. The number of fused-ring (bicyclic) bond motifs is 1. The summed E-state index contributed by atoms with van der Waals surface area (Å²) >= 11 is 3.46. The number of carbonyl (C=O) groups excluding carboxylic acids is 1. The highest BCUT2D eigenvalue weighted by molar-refractivity contribution is 9.10. The number of aryl methyl sites for hydroxylation is 1. The smallest absolute Gasteiger partial charge is 0.235 e. The molecule has 0 amide bonds. The third kappa shape index (κ3) is 1.55. The lowest BCUT2D eigenvalue weighted by atomic mass is 9.72. The summed E-state index contributed by atoms with van der Waals surface area (Å²) in [4.78, 5) is 14.6. The first-order chi connectivity index (χ1) is 8.66. The molecule has 1 aliphatic carbocycles. The zero-order chi connectivity index (χ0) is 12.8. The van der Waals surface area contributed by atoms with Gasteiger partial charge in [0, 0.05) is 12.4 Å². The number of hydrogen-bond acceptors (Lipinski definition) is 3. The lowest BCUT2D eigenvalue weighted by Crippen LogP contribution is -2.31. The van der Waals surface area contributed by atoms with E-state index in [9.17, 15) is 4.79 Å². The van der Waals surface area contributed by atoms with Gasteiger partial charge in [-0.1, -0.05) is 6.07 Å². The largest absolute Gasteiger partial charge is 0.267 e. The van der Waals surface area contributed by atoms with Gasteiger partial charge in [0.05, 0.1) is 11.1 Å². The van der Waals surface area contributed by atoms with E-state index in [2.05, 4.69) is 32.1 Å². The van der Waals surface area contributed by atoms with Crippen molar-refractivity contribution in [2.75, 3.05) is 0 Å². The molecule has 0 N–H and O–H groups in total. The SMILES string of the molecule is Cn1nc(Br)c2cc(C3(N=C=O)CCC3)ccc21. The number of isocyanates is 1. The van der Waals surface area contributed by atoms with Crippen LogP contribution in [-0.2, 0) is 17.4 Å². The Balaban J connectivity index is 2.19. The number of hydrogen-bond donors (Lipinski definition) is 0. The van der Waals surface area contributed by atoms with Gasteiger partial charge in [-0.2, -0.15) is 10.1 Å². The maximum Gasteiger partial charge on any atom is 0.235 e. The first-order valence-corrected chi connectivity index (χ1v) is 6.67. The quantitative estimate of drug-likeness (QED) is 0.632. The molecule has 0 atom stereocenters. The van der Waals surface area contributed by atoms with Crippen LogP contribution in [0.15, 0.2) is 27.8 Å². The van der Waals surface area contributed by atoms with E-state index in [1.807, 2.05) is 23.9 Å². The number of halogens is 1. The normalized spacial score (nSPS) is 17.2. The van der Waals surface area contributed by atoms with Gasteiger partial charge in [-0.25, -0.2) is 4.79 Å². The van der Waals surface area contributed by atoms with Crippen LogP contribution in [0.2, 0.25) is 0 Å². The number of benzene rings is 1. The van der Waals surface area contributed by atoms with Gasteiger partial charge in [0.25, 0.3) is 0 Å². The number of aliphatic imine (C=N–C) groups is 1. The average molecular weight is 306 g/mol. The summed E-state index contributed by atoms with van der Waals surface area (Å²) in [6, 6.07) is 6.14. The molecule has 18 heavy (non-hydrogen) atoms. The van der Waals surface area contributed by atoms with E-state index in [0.717, 1.165) is 40.3 Å². The molecule has 92 valence electrons. The van der Waals surface area contributed by atoms with Gasteiger partial charge in [0.1, 0.15) is 4.60 Å². The van der Waals surface area contributed by atoms with Crippen LogP contribution in [0, 0.1) is 0 Å². The van der Waals surface area contributed by atoms with Crippen LogP contribution in [0.4, 0.5) is 0 Å². The monoisotopic (exact) mass is 305 g/mol. The van der Waals surface area contributed by atoms with Gasteiger partial charge < -0.3 is 0 Å². The second kappa shape index (κ2) is 4.04. The Hall–Kier alpha value is -1.45. The molecule has 5 heteroatoms. The van der Waals surface area contributed by atoms with Crippen LogP contribution >= 0.6 is 15.9 Å². The van der Waals surface area contributed by atoms with E-state index in [4.69, 9.17) is 0 Å². The molecular formula is C13H12BrN3O. The summed E-state index contributed by atoms with van der Waals surface area (Å²) in [5, 5.41) is 5.39. The van der Waals surface area contributed by atoms with Crippen molar-refractivity contribution in [2.45, 2.75) is 24.8 Å². The highest BCUT2D eigenvalue weighted by atomic mass is 79.9. The van der Waals surface area contributed by atoms with Crippen molar-refractivity contribution < 1.29 is 4.79 Å². The summed E-state index contributed by atoms with van der Waals surface area (Å²) in [5.74, 6) is 0. The van der Waals surface area contributed by atoms with Crippen LogP contribution in [0.3, 0.4) is 0 Å². The van der Waals surface area contributed by atoms with E-state index in [1.54, 1.807) is 6.08 Å². The highest BCUT2D eigenvalue weighted by Crippen LogP contribution is 2.45. The zero-order valence-electron chi connectivity index (χ0n) is 9.98. The molecule has 1 saturated carbocycles. The highest BCUT2D eigenvalue weighted by Gasteiger charge is 2.39. The fraction of sp³-hybridized carbons (Fsp3) is 0.385. The predicted octanol–water partition coefficient (Wildman–Crippen LogP) is 3.05. The summed E-state index contributed by atoms with van der Waals surface area (Å²) in [6.45, 7) is 0. The van der Waals surface area contributed by atoms with Crippen molar-refractivity contribution >= 4 is 32.9 Å². The Kier molecular flexibility index (Phi) is 2.61. The van der Waals surface area contributed by atoms with E-state index in [1.165, 1.54) is 0 Å². The standard InChI is InChI=1S/C13H12BrN3O/c1-17-11-4-3-9(7-10(11)12(14)16-17)13(15-8-18)5-2-6-13/h3-4,7H,2,5-6H2,1H3. The Morgan fingerprint density at radius 3 is 2.89 bits per heavy atom. The van der Waals surface area contributed by atoms with Crippen molar-refractivity contribution in [3.05, 3.63) is 28.4 Å². The molecule has 0 spiro atoms. The van der Waals surface area contributed by atoms with Crippen molar-refractivity contribution in [3.8, 4) is 0 Å². The third-order valence-corrected chi connectivity index (χ3v) is 4.37. The second-order valence-corrected chi connectivity index (χ2v) is 5.49. The molecular weight excluding hydrogens is 294 g/mol. The van der Waals surface area contributed by atoms with Crippen LogP contribution in [0.25, 0.3) is 10.9 Å². The first kappa shape index (κ1) is 11.6. The third-order valence-electron chi connectivity index (χ3n) is 3.78. The minimum Gasteiger partial charge on any atom is -0.267 e. The van der Waals surface area contributed by atoms with E-state index in [0.29, 0.717) is 0 Å². The van der Waals surface area contributed by atoms with Gasteiger partial charge in [-0.05, 0) is 52.9 Å². The summed E-state index contributed by atoms with van der Waals surface area (Å²) in [5.41, 5.74) is 1.80. The molecule has 0 radical (unpaired) electrons. The van der Waals surface area contributed by atoms with Crippen LogP contribution in [-0.4, -0.2) is 15.9 Å². The molecule has 0 saturated heterocycles. The Bertz CT molecular complexity index is 666. The van der Waals surface area contributed by atoms with E-state index < -0.39 is 0 Å². The summed E-state index contributed by atoms with van der Waals surface area (Å²) in [7, 11) is 1.91. The van der Waals surface area contributed by atoms with Crippen LogP contribution in [0.1, 0.15) is 24.8 Å². The second-order valence-electron chi connectivity index (χ2n) is 4.73. The fourth-order valence-electron chi connectivity index (χ4n) is 2.58. The molecule has 0 unspecified atom stereocenters. The molecule has 4 nitrogen and oxygen atoms in total. The van der Waals surface area contributed by atoms with Gasteiger partial charge in [-0.15, -0.1) is 0 Å². The van der Waals surface area contributed by atoms with Crippen molar-refractivity contribution in [3.63, 3.8) is 0 Å². The summed E-state index contributed by atoms with van der Waals surface area (Å²) in [6.07, 6.45) is 4.67. The number of rotatable bonds is 2. The molecule has 0 bridgehead atoms. The Labute approximate surface area is 113 Å². The molecule has 1 heterocycles. The van der Waals surface area contributed by atoms with E-state index in [-0.39, 0.29) is 5.54 Å². The minimum absolute atomic E-state index is 0.342. The lowest BCUT2D eigenvalue weighted by molar-refractivity contribution is 0.256. The van der Waals surface area contributed by atoms with Gasteiger partial charge in [0.2, 0.25) is 6.08 Å². The molecule has 1 fully saturated rings. The molecule has 1 aromatic carbocycles. The average Bonchev–Trinajstić information content (AvgIpc) is 2.59. The Morgan fingerprint density at radius 1 is 1.50 bits per heavy atom. The van der Waals surface area contributed by atoms with Gasteiger partial charge >= 0.3 is 0 Å². The molecule has 1 aliphatic rings. The molecule has 1 aromatic heterocycles. The van der Waals surface area contributed by atoms with Crippen LogP contribution in [0.5, 0.6) is 0 Å². The van der Waals surface area contributed by atoms with Crippen molar-refractivity contribution in [1.82, 2.24) is 9.78 Å². The predicted molar refractivity (Wildman–Crippen MR) is 72.1 cm³/mol. The maximum absolute atomic E-state index is 10.6. The number of nitrogens with zero attached hydrogens (tertiary/aromatic N) is 3. The number of aromatic nitrogens is 2. The van der Waals surface area contributed by atoms with Gasteiger partial charge in [-0.3, -0.25) is 4.68 Å². The molecule has 2 aromatic rings. The maximum atomic E-state index is 10.6. The zero-order valence-corrected chi connectivity index (χ0v) is 11.6. The first-order valence-electron chi connectivity index (χ1n) is 5.88. The van der Waals surface area contributed by atoms with E-state index >= 15 is 0 Å². The van der Waals surface area contributed by atoms with Crippen molar-refractivity contribution in [1.29, 1.82) is 0 Å². The lowest BCUT2D eigenvalue weighted by Gasteiger charge is -2.37. The molecule has 3 rings (SSSR count). The van der Waals surface area contributed by atoms with Crippen LogP contribution < -0.4 is 0 Å².